The number of nitrogens with one attached hydrogen (secondary N) is 1. The molecular weight excluding hydrogens is 262 g/mol. The van der Waals surface area contributed by atoms with Gasteiger partial charge in [0, 0.05) is 31.3 Å². The summed E-state index contributed by atoms with van der Waals surface area (Å²) in [5.74, 6) is -0.0984. The Morgan fingerprint density at radius 3 is 2.75 bits per heavy atom. The first-order chi connectivity index (χ1) is 9.51. The number of amides is 1. The van der Waals surface area contributed by atoms with Crippen LogP contribution in [0.4, 0.5) is 5.69 Å². The SMILES string of the molecule is CNCCCN(C)C(=O)c1ccc([N+](=O)[O-])c(OC)c1. The minimum absolute atomic E-state index is 0.0875. The maximum absolute atomic E-state index is 12.2. The van der Waals surface area contributed by atoms with Crippen molar-refractivity contribution in [2.75, 3.05) is 34.3 Å². The van der Waals surface area contributed by atoms with Gasteiger partial charge in [0.1, 0.15) is 0 Å². The highest BCUT2D eigenvalue weighted by Crippen LogP contribution is 2.27. The summed E-state index contributed by atoms with van der Waals surface area (Å²) in [6, 6.07) is 4.13. The smallest absolute Gasteiger partial charge is 0.310 e. The molecule has 0 aliphatic carbocycles. The Balaban J connectivity index is 2.85. The van der Waals surface area contributed by atoms with Gasteiger partial charge in [-0.3, -0.25) is 14.9 Å². The lowest BCUT2D eigenvalue weighted by Crippen LogP contribution is -2.29. The fourth-order valence-electron chi connectivity index (χ4n) is 1.78. The van der Waals surface area contributed by atoms with Crippen molar-refractivity contribution in [3.63, 3.8) is 0 Å². The van der Waals surface area contributed by atoms with Crippen molar-refractivity contribution in [3.05, 3.63) is 33.9 Å². The number of carbonyl (C=O) groups excluding carboxylic acids is 1. The Bertz CT molecular complexity index is 491. The molecule has 1 aromatic carbocycles. The summed E-state index contributed by atoms with van der Waals surface area (Å²) in [6.07, 6.45) is 0.836. The van der Waals surface area contributed by atoms with Crippen LogP contribution in [0.2, 0.25) is 0 Å². The van der Waals surface area contributed by atoms with E-state index in [2.05, 4.69) is 5.32 Å². The molecule has 0 bridgehead atoms. The van der Waals surface area contributed by atoms with E-state index in [4.69, 9.17) is 4.74 Å². The van der Waals surface area contributed by atoms with Crippen molar-refractivity contribution in [1.82, 2.24) is 10.2 Å². The summed E-state index contributed by atoms with van der Waals surface area (Å²) >= 11 is 0. The number of ether oxygens (including phenoxy) is 1. The molecule has 0 unspecified atom stereocenters. The molecule has 20 heavy (non-hydrogen) atoms. The molecular formula is C13H19N3O4. The van der Waals surface area contributed by atoms with Gasteiger partial charge >= 0.3 is 5.69 Å². The highest BCUT2D eigenvalue weighted by Gasteiger charge is 2.19. The van der Waals surface area contributed by atoms with E-state index in [0.29, 0.717) is 12.1 Å². The van der Waals surface area contributed by atoms with Crippen LogP contribution >= 0.6 is 0 Å². The maximum Gasteiger partial charge on any atom is 0.310 e. The van der Waals surface area contributed by atoms with Crippen LogP contribution in [-0.4, -0.2) is 50.0 Å². The summed E-state index contributed by atoms with van der Waals surface area (Å²) in [4.78, 5) is 24.0. The summed E-state index contributed by atoms with van der Waals surface area (Å²) in [7, 11) is 4.89. The molecule has 1 rings (SSSR count). The Kier molecular flexibility index (Phi) is 5.92. The van der Waals surface area contributed by atoms with Crippen molar-refractivity contribution < 1.29 is 14.5 Å². The number of rotatable bonds is 7. The third-order valence-electron chi connectivity index (χ3n) is 2.89. The minimum atomic E-state index is -0.538. The fourth-order valence-corrected chi connectivity index (χ4v) is 1.78. The first-order valence-corrected chi connectivity index (χ1v) is 6.23. The van der Waals surface area contributed by atoms with E-state index >= 15 is 0 Å². The zero-order chi connectivity index (χ0) is 15.1. The number of methoxy groups -OCH3 is 1. The second-order valence-corrected chi connectivity index (χ2v) is 4.33. The minimum Gasteiger partial charge on any atom is -0.490 e. The first-order valence-electron chi connectivity index (χ1n) is 6.23. The van der Waals surface area contributed by atoms with E-state index in [1.165, 1.54) is 25.3 Å². The average molecular weight is 281 g/mol. The molecule has 0 aliphatic rings. The molecule has 0 heterocycles. The molecule has 110 valence electrons. The Hall–Kier alpha value is -2.15. The average Bonchev–Trinajstić information content (AvgIpc) is 2.45. The zero-order valence-corrected chi connectivity index (χ0v) is 11.9. The number of nitro groups is 1. The Labute approximate surface area is 117 Å². The van der Waals surface area contributed by atoms with Gasteiger partial charge < -0.3 is 15.0 Å². The van der Waals surface area contributed by atoms with Crippen LogP contribution in [0.5, 0.6) is 5.75 Å². The van der Waals surface area contributed by atoms with Gasteiger partial charge in [-0.05, 0) is 26.1 Å². The number of carbonyl (C=O) groups is 1. The van der Waals surface area contributed by atoms with Crippen molar-refractivity contribution in [2.24, 2.45) is 0 Å². The third kappa shape index (κ3) is 3.92. The molecule has 0 fully saturated rings. The summed E-state index contributed by atoms with van der Waals surface area (Å²) in [6.45, 7) is 1.43. The van der Waals surface area contributed by atoms with Gasteiger partial charge in [-0.1, -0.05) is 0 Å². The van der Waals surface area contributed by atoms with Crippen molar-refractivity contribution in [3.8, 4) is 5.75 Å². The molecule has 0 aromatic heterocycles. The lowest BCUT2D eigenvalue weighted by Gasteiger charge is -2.17. The molecule has 7 heteroatoms. The molecule has 0 saturated heterocycles. The van der Waals surface area contributed by atoms with E-state index in [1.807, 2.05) is 7.05 Å². The van der Waals surface area contributed by atoms with E-state index in [0.717, 1.165) is 13.0 Å². The van der Waals surface area contributed by atoms with Crippen molar-refractivity contribution >= 4 is 11.6 Å². The first kappa shape index (κ1) is 15.9. The predicted molar refractivity (Wildman–Crippen MR) is 75.2 cm³/mol. The lowest BCUT2D eigenvalue weighted by molar-refractivity contribution is -0.385. The monoisotopic (exact) mass is 281 g/mol. The van der Waals surface area contributed by atoms with Gasteiger partial charge in [0.25, 0.3) is 5.91 Å². The largest absolute Gasteiger partial charge is 0.490 e. The van der Waals surface area contributed by atoms with Crippen LogP contribution in [0, 0.1) is 10.1 Å². The molecule has 0 radical (unpaired) electrons. The summed E-state index contributed by atoms with van der Waals surface area (Å²) < 4.78 is 4.95. The topological polar surface area (TPSA) is 84.7 Å². The molecule has 1 N–H and O–H groups in total. The second-order valence-electron chi connectivity index (χ2n) is 4.33. The standard InChI is InChI=1S/C13H19N3O4/c1-14-7-4-8-15(2)13(17)10-5-6-11(16(18)19)12(9-10)20-3/h5-6,9,14H,4,7-8H2,1-3H3. The number of nitro benzene ring substituents is 1. The van der Waals surface area contributed by atoms with E-state index < -0.39 is 4.92 Å². The Morgan fingerprint density at radius 2 is 2.20 bits per heavy atom. The Morgan fingerprint density at radius 1 is 1.50 bits per heavy atom. The summed E-state index contributed by atoms with van der Waals surface area (Å²) in [5.41, 5.74) is 0.223. The molecule has 0 spiro atoms. The van der Waals surface area contributed by atoms with Gasteiger partial charge in [0.15, 0.2) is 5.75 Å². The van der Waals surface area contributed by atoms with Crippen LogP contribution in [0.3, 0.4) is 0 Å². The molecule has 1 aromatic rings. The quantitative estimate of drug-likeness (QED) is 0.462. The van der Waals surface area contributed by atoms with E-state index in [-0.39, 0.29) is 17.3 Å². The molecule has 0 atom stereocenters. The molecule has 0 aliphatic heterocycles. The van der Waals surface area contributed by atoms with E-state index in [9.17, 15) is 14.9 Å². The van der Waals surface area contributed by atoms with Crippen molar-refractivity contribution in [2.45, 2.75) is 6.42 Å². The highest BCUT2D eigenvalue weighted by atomic mass is 16.6. The molecule has 1 amide bonds. The summed E-state index contributed by atoms with van der Waals surface area (Å²) in [5, 5.41) is 13.8. The van der Waals surface area contributed by atoms with Gasteiger partial charge in [-0.25, -0.2) is 0 Å². The number of benzene rings is 1. The number of hydrogen-bond donors (Lipinski definition) is 1. The van der Waals surface area contributed by atoms with Crippen LogP contribution in [-0.2, 0) is 0 Å². The second kappa shape index (κ2) is 7.44. The normalized spacial score (nSPS) is 10.2. The fraction of sp³-hybridized carbons (Fsp3) is 0.462. The van der Waals surface area contributed by atoms with Gasteiger partial charge in [0.05, 0.1) is 12.0 Å². The van der Waals surface area contributed by atoms with Gasteiger partial charge in [-0.15, -0.1) is 0 Å². The van der Waals surface area contributed by atoms with Gasteiger partial charge in [0.2, 0.25) is 0 Å². The lowest BCUT2D eigenvalue weighted by atomic mass is 10.1. The van der Waals surface area contributed by atoms with Crippen LogP contribution < -0.4 is 10.1 Å². The van der Waals surface area contributed by atoms with Crippen LogP contribution in [0.25, 0.3) is 0 Å². The van der Waals surface area contributed by atoms with Crippen molar-refractivity contribution in [1.29, 1.82) is 0 Å². The number of hydrogen-bond acceptors (Lipinski definition) is 5. The third-order valence-corrected chi connectivity index (χ3v) is 2.89. The van der Waals surface area contributed by atoms with Crippen LogP contribution in [0.1, 0.15) is 16.8 Å². The molecule has 0 saturated carbocycles. The zero-order valence-electron chi connectivity index (χ0n) is 11.9. The highest BCUT2D eigenvalue weighted by molar-refractivity contribution is 5.94. The van der Waals surface area contributed by atoms with E-state index in [1.54, 1.807) is 11.9 Å². The molecule has 7 nitrogen and oxygen atoms in total. The maximum atomic E-state index is 12.2. The predicted octanol–water partition coefficient (Wildman–Crippen LogP) is 1.28. The van der Waals surface area contributed by atoms with Crippen LogP contribution in [0.15, 0.2) is 18.2 Å². The number of nitrogens with zero attached hydrogens (tertiary/aromatic N) is 2. The van der Waals surface area contributed by atoms with Gasteiger partial charge in [-0.2, -0.15) is 0 Å².